The van der Waals surface area contributed by atoms with Gasteiger partial charge in [-0.05, 0) is 51.6 Å². The van der Waals surface area contributed by atoms with Gasteiger partial charge in [-0.1, -0.05) is 0 Å². The van der Waals surface area contributed by atoms with Gasteiger partial charge < -0.3 is 14.9 Å². The van der Waals surface area contributed by atoms with Gasteiger partial charge in [0.25, 0.3) is 5.91 Å². The van der Waals surface area contributed by atoms with E-state index >= 15 is 0 Å². The highest BCUT2D eigenvalue weighted by Crippen LogP contribution is 2.42. The molecule has 2 aliphatic heterocycles. The van der Waals surface area contributed by atoms with Crippen LogP contribution in [0, 0.1) is 11.3 Å². The lowest BCUT2D eigenvalue weighted by molar-refractivity contribution is -0.153. The molecule has 1 aromatic heterocycles. The van der Waals surface area contributed by atoms with Crippen molar-refractivity contribution in [3.8, 4) is 0 Å². The Hall–Kier alpha value is -1.89. The SMILES string of the molecule is CN1CC[C@H]2CN(C(=O)c3nn(C)c4c3CCCC4)C[C@@]2(C(=O)O)C1. The molecule has 0 spiro atoms. The number of carbonyl (C=O) groups is 2. The Morgan fingerprint density at radius 2 is 1.96 bits per heavy atom. The predicted octanol–water partition coefficient (Wildman–Crippen LogP) is 0.777. The second kappa shape index (κ2) is 5.83. The lowest BCUT2D eigenvalue weighted by Gasteiger charge is -2.39. The van der Waals surface area contributed by atoms with E-state index in [9.17, 15) is 14.7 Å². The molecule has 25 heavy (non-hydrogen) atoms. The van der Waals surface area contributed by atoms with E-state index in [1.165, 1.54) is 5.69 Å². The summed E-state index contributed by atoms with van der Waals surface area (Å²) in [5, 5.41) is 14.4. The third-order valence-corrected chi connectivity index (χ3v) is 6.39. The molecule has 3 heterocycles. The van der Waals surface area contributed by atoms with E-state index in [0.717, 1.165) is 44.2 Å². The average Bonchev–Trinajstić information content (AvgIpc) is 3.14. The first-order valence-electron chi connectivity index (χ1n) is 9.18. The quantitative estimate of drug-likeness (QED) is 0.856. The van der Waals surface area contributed by atoms with Gasteiger partial charge in [0.1, 0.15) is 5.41 Å². The summed E-state index contributed by atoms with van der Waals surface area (Å²) in [7, 11) is 3.86. The van der Waals surface area contributed by atoms with Gasteiger partial charge in [0.2, 0.25) is 0 Å². The van der Waals surface area contributed by atoms with Crippen molar-refractivity contribution in [2.24, 2.45) is 18.4 Å². The van der Waals surface area contributed by atoms with E-state index in [0.29, 0.717) is 25.3 Å². The summed E-state index contributed by atoms with van der Waals surface area (Å²) in [6.45, 7) is 2.23. The fourth-order valence-corrected chi connectivity index (χ4v) is 5.02. The monoisotopic (exact) mass is 346 g/mol. The van der Waals surface area contributed by atoms with Gasteiger partial charge in [0.05, 0.1) is 0 Å². The van der Waals surface area contributed by atoms with E-state index < -0.39 is 11.4 Å². The number of amides is 1. The number of carboxylic acids is 1. The largest absolute Gasteiger partial charge is 0.481 e. The van der Waals surface area contributed by atoms with Crippen LogP contribution in [0.4, 0.5) is 0 Å². The first-order valence-corrected chi connectivity index (χ1v) is 9.18. The van der Waals surface area contributed by atoms with Crippen LogP contribution < -0.4 is 0 Å². The Balaban J connectivity index is 1.63. The molecule has 3 aliphatic rings. The van der Waals surface area contributed by atoms with Crippen molar-refractivity contribution in [1.82, 2.24) is 19.6 Å². The molecule has 2 fully saturated rings. The summed E-state index contributed by atoms with van der Waals surface area (Å²) in [6, 6.07) is 0. The van der Waals surface area contributed by atoms with Crippen molar-refractivity contribution in [2.75, 3.05) is 33.2 Å². The van der Waals surface area contributed by atoms with Gasteiger partial charge >= 0.3 is 5.97 Å². The minimum atomic E-state index is -0.836. The van der Waals surface area contributed by atoms with Crippen molar-refractivity contribution in [2.45, 2.75) is 32.1 Å². The molecule has 1 amide bonds. The second-order valence-electron chi connectivity index (χ2n) is 7.97. The molecular formula is C18H26N4O3. The number of aryl methyl sites for hydroxylation is 1. The third-order valence-electron chi connectivity index (χ3n) is 6.39. The summed E-state index contributed by atoms with van der Waals surface area (Å²) in [5.41, 5.74) is 1.95. The Kier molecular flexibility index (Phi) is 3.86. The van der Waals surface area contributed by atoms with Crippen LogP contribution in [-0.2, 0) is 24.7 Å². The zero-order valence-electron chi connectivity index (χ0n) is 15.0. The molecule has 4 rings (SSSR count). The predicted molar refractivity (Wildman–Crippen MR) is 91.4 cm³/mol. The third kappa shape index (κ3) is 2.47. The van der Waals surface area contributed by atoms with Crippen LogP contribution in [0.3, 0.4) is 0 Å². The van der Waals surface area contributed by atoms with Gasteiger partial charge in [0.15, 0.2) is 5.69 Å². The second-order valence-corrected chi connectivity index (χ2v) is 7.97. The summed E-state index contributed by atoms with van der Waals surface area (Å²) >= 11 is 0. The van der Waals surface area contributed by atoms with Crippen LogP contribution in [0.15, 0.2) is 0 Å². The first-order chi connectivity index (χ1) is 11.9. The molecule has 1 N–H and O–H groups in total. The van der Waals surface area contributed by atoms with E-state index in [2.05, 4.69) is 10.00 Å². The zero-order valence-corrected chi connectivity index (χ0v) is 15.0. The topological polar surface area (TPSA) is 78.7 Å². The average molecular weight is 346 g/mol. The number of hydrogen-bond acceptors (Lipinski definition) is 4. The molecule has 0 unspecified atom stereocenters. The van der Waals surface area contributed by atoms with Crippen molar-refractivity contribution in [3.63, 3.8) is 0 Å². The highest BCUT2D eigenvalue weighted by atomic mass is 16.4. The Morgan fingerprint density at radius 3 is 2.72 bits per heavy atom. The number of aromatic nitrogens is 2. The smallest absolute Gasteiger partial charge is 0.313 e. The lowest BCUT2D eigenvalue weighted by atomic mass is 9.73. The van der Waals surface area contributed by atoms with E-state index in [1.807, 2.05) is 18.8 Å². The summed E-state index contributed by atoms with van der Waals surface area (Å²) in [4.78, 5) is 29.0. The molecule has 1 aromatic rings. The molecule has 1 aliphatic carbocycles. The molecule has 0 bridgehead atoms. The fraction of sp³-hybridized carbons (Fsp3) is 0.722. The van der Waals surface area contributed by atoms with Crippen molar-refractivity contribution < 1.29 is 14.7 Å². The number of fused-ring (bicyclic) bond motifs is 2. The number of aliphatic carboxylic acids is 1. The van der Waals surface area contributed by atoms with Crippen LogP contribution in [-0.4, -0.2) is 69.8 Å². The maximum atomic E-state index is 13.2. The number of carboxylic acid groups (broad SMARTS) is 1. The van der Waals surface area contributed by atoms with Crippen LogP contribution in [0.5, 0.6) is 0 Å². The fourth-order valence-electron chi connectivity index (χ4n) is 5.02. The minimum Gasteiger partial charge on any atom is -0.481 e. The Labute approximate surface area is 147 Å². The molecule has 136 valence electrons. The maximum absolute atomic E-state index is 13.2. The van der Waals surface area contributed by atoms with Gasteiger partial charge in [-0.15, -0.1) is 0 Å². The zero-order chi connectivity index (χ0) is 17.8. The number of carbonyl (C=O) groups excluding carboxylic acids is 1. The number of hydrogen-bond donors (Lipinski definition) is 1. The van der Waals surface area contributed by atoms with Crippen molar-refractivity contribution >= 4 is 11.9 Å². The molecule has 2 saturated heterocycles. The first kappa shape index (κ1) is 16.6. The van der Waals surface area contributed by atoms with Crippen LogP contribution in [0.2, 0.25) is 0 Å². The summed E-state index contributed by atoms with van der Waals surface area (Å²) in [5.74, 6) is -0.830. The molecule has 0 saturated carbocycles. The summed E-state index contributed by atoms with van der Waals surface area (Å²) < 4.78 is 1.84. The number of nitrogens with zero attached hydrogens (tertiary/aromatic N) is 4. The minimum absolute atomic E-state index is 0.0321. The maximum Gasteiger partial charge on any atom is 0.313 e. The van der Waals surface area contributed by atoms with Crippen molar-refractivity contribution in [1.29, 1.82) is 0 Å². The highest BCUT2D eigenvalue weighted by Gasteiger charge is 2.55. The van der Waals surface area contributed by atoms with E-state index in [-0.39, 0.29) is 11.8 Å². The normalized spacial score (nSPS) is 29.4. The van der Waals surface area contributed by atoms with Crippen LogP contribution >= 0.6 is 0 Å². The summed E-state index contributed by atoms with van der Waals surface area (Å²) in [6.07, 6.45) is 4.92. The van der Waals surface area contributed by atoms with Gasteiger partial charge in [0, 0.05) is 37.9 Å². The van der Waals surface area contributed by atoms with Crippen LogP contribution in [0.25, 0.3) is 0 Å². The molecule has 0 aromatic carbocycles. The Morgan fingerprint density at radius 1 is 1.20 bits per heavy atom. The molecule has 7 heteroatoms. The molecule has 7 nitrogen and oxygen atoms in total. The van der Waals surface area contributed by atoms with Crippen LogP contribution in [0.1, 0.15) is 41.0 Å². The molecule has 0 radical (unpaired) electrons. The van der Waals surface area contributed by atoms with Gasteiger partial charge in [-0.3, -0.25) is 14.3 Å². The highest BCUT2D eigenvalue weighted by molar-refractivity contribution is 5.95. The van der Waals surface area contributed by atoms with Gasteiger partial charge in [-0.2, -0.15) is 5.10 Å². The number of piperidine rings is 1. The van der Waals surface area contributed by atoms with Gasteiger partial charge in [-0.25, -0.2) is 0 Å². The number of likely N-dealkylation sites (tertiary alicyclic amines) is 2. The number of rotatable bonds is 2. The van der Waals surface area contributed by atoms with Crippen molar-refractivity contribution in [3.05, 3.63) is 17.0 Å². The Bertz CT molecular complexity index is 728. The molecule has 2 atom stereocenters. The van der Waals surface area contributed by atoms with E-state index in [1.54, 1.807) is 4.90 Å². The van der Waals surface area contributed by atoms with E-state index in [4.69, 9.17) is 0 Å². The molecular weight excluding hydrogens is 320 g/mol. The standard InChI is InChI=1S/C18H26N4O3/c1-20-8-7-12-9-22(11-18(12,10-20)17(24)25)16(23)15-13-5-3-4-6-14(13)21(2)19-15/h12H,3-11H2,1-2H3,(H,24,25)/t12-,18-/m0/s1. The lowest BCUT2D eigenvalue weighted by Crippen LogP contribution is -2.52.